The summed E-state index contributed by atoms with van der Waals surface area (Å²) in [6, 6.07) is 6.89. The van der Waals surface area contributed by atoms with Crippen molar-refractivity contribution in [1.29, 1.82) is 0 Å². The molecule has 1 atom stereocenters. The van der Waals surface area contributed by atoms with Crippen LogP contribution in [0.3, 0.4) is 0 Å². The molecule has 1 aromatic heterocycles. The summed E-state index contributed by atoms with van der Waals surface area (Å²) in [6.07, 6.45) is 3.23. The van der Waals surface area contributed by atoms with E-state index in [1.807, 2.05) is 24.3 Å². The largest absolute Gasteiger partial charge is 0.358 e. The number of nitrogens with one attached hydrogen (secondary N) is 2. The van der Waals surface area contributed by atoms with Gasteiger partial charge in [0.2, 0.25) is 10.7 Å². The summed E-state index contributed by atoms with van der Waals surface area (Å²) in [7, 11) is 0. The summed E-state index contributed by atoms with van der Waals surface area (Å²) >= 11 is 5.24. The molecule has 0 saturated heterocycles. The molecule has 7 heteroatoms. The van der Waals surface area contributed by atoms with Crippen molar-refractivity contribution in [2.45, 2.75) is 38.6 Å². The molecule has 2 N–H and O–H groups in total. The molecule has 0 radical (unpaired) electrons. The van der Waals surface area contributed by atoms with Gasteiger partial charge in [0.1, 0.15) is 11.9 Å². The number of carbonyl (C=O) groups is 2. The molecule has 1 amide bonds. The highest BCUT2D eigenvalue weighted by Gasteiger charge is 2.33. The molecular formula is C17H20N4O2S. The number of amides is 1. The topological polar surface area (TPSA) is 76.0 Å². The van der Waals surface area contributed by atoms with Crippen molar-refractivity contribution in [3.05, 3.63) is 29.0 Å². The van der Waals surface area contributed by atoms with E-state index >= 15 is 0 Å². The number of rotatable bonds is 6. The predicted octanol–water partition coefficient (Wildman–Crippen LogP) is 2.90. The highest BCUT2D eigenvalue weighted by atomic mass is 32.1. The number of anilines is 1. The fourth-order valence-corrected chi connectivity index (χ4v) is 3.15. The van der Waals surface area contributed by atoms with Gasteiger partial charge in [-0.05, 0) is 30.8 Å². The lowest BCUT2D eigenvalue weighted by atomic mass is 10.2. The molecule has 126 valence electrons. The van der Waals surface area contributed by atoms with E-state index in [1.165, 1.54) is 4.57 Å². The van der Waals surface area contributed by atoms with Crippen LogP contribution >= 0.6 is 12.2 Å². The minimum absolute atomic E-state index is 0.0930. The minimum Gasteiger partial charge on any atom is -0.358 e. The Morgan fingerprint density at radius 3 is 2.96 bits per heavy atom. The van der Waals surface area contributed by atoms with Gasteiger partial charge in [-0.1, -0.05) is 31.9 Å². The van der Waals surface area contributed by atoms with Crippen LogP contribution in [0.15, 0.2) is 24.3 Å². The summed E-state index contributed by atoms with van der Waals surface area (Å²) in [5, 5.41) is 6.83. The standard InChI is InChI=1S/C17H20N4O2S/c1-2-3-6-9-18-14(22)10-13-16(23)21-15(19-13)11-7-4-5-8-12(11)20-17(21)24/h4-5,7-8,13,19H,2-3,6,9-10H2,1H3,(H,18,22). The van der Waals surface area contributed by atoms with Crippen molar-refractivity contribution in [3.8, 4) is 0 Å². The van der Waals surface area contributed by atoms with E-state index in [1.54, 1.807) is 0 Å². The van der Waals surface area contributed by atoms with Gasteiger partial charge in [0.05, 0.1) is 11.9 Å². The third-order valence-electron chi connectivity index (χ3n) is 4.11. The Labute approximate surface area is 145 Å². The number of nitrogens with zero attached hydrogens (tertiary/aromatic N) is 2. The van der Waals surface area contributed by atoms with Crippen LogP contribution in [0.2, 0.25) is 0 Å². The predicted molar refractivity (Wildman–Crippen MR) is 95.8 cm³/mol. The first kappa shape index (κ1) is 16.6. The number of fused-ring (bicyclic) bond motifs is 3. The second-order valence-corrected chi connectivity index (χ2v) is 6.26. The normalized spacial score (nSPS) is 16.0. The van der Waals surface area contributed by atoms with E-state index < -0.39 is 6.04 Å². The fourth-order valence-electron chi connectivity index (χ4n) is 2.87. The van der Waals surface area contributed by atoms with E-state index in [0.717, 1.165) is 30.2 Å². The van der Waals surface area contributed by atoms with Gasteiger partial charge >= 0.3 is 0 Å². The third-order valence-corrected chi connectivity index (χ3v) is 4.39. The summed E-state index contributed by atoms with van der Waals surface area (Å²) in [4.78, 5) is 28.9. The molecule has 1 aromatic carbocycles. The average Bonchev–Trinajstić information content (AvgIpc) is 2.89. The first-order valence-electron chi connectivity index (χ1n) is 8.21. The minimum atomic E-state index is -0.606. The Kier molecular flexibility index (Phi) is 4.89. The number of hydrogen-bond acceptors (Lipinski definition) is 5. The van der Waals surface area contributed by atoms with Crippen LogP contribution < -0.4 is 10.6 Å². The van der Waals surface area contributed by atoms with Gasteiger partial charge in [0.15, 0.2) is 0 Å². The zero-order valence-corrected chi connectivity index (χ0v) is 14.4. The smallest absolute Gasteiger partial charge is 0.257 e. The maximum absolute atomic E-state index is 12.6. The Morgan fingerprint density at radius 1 is 1.38 bits per heavy atom. The van der Waals surface area contributed by atoms with Gasteiger partial charge in [-0.25, -0.2) is 9.55 Å². The molecule has 1 aliphatic rings. The highest BCUT2D eigenvalue weighted by Crippen LogP contribution is 2.28. The summed E-state index contributed by atoms with van der Waals surface area (Å²) in [6.45, 7) is 2.76. The fraction of sp³-hybridized carbons (Fsp3) is 0.412. The number of carbonyl (C=O) groups excluding carboxylic acids is 2. The number of para-hydroxylation sites is 1. The van der Waals surface area contributed by atoms with E-state index in [9.17, 15) is 9.59 Å². The van der Waals surface area contributed by atoms with E-state index in [-0.39, 0.29) is 23.0 Å². The van der Waals surface area contributed by atoms with Gasteiger partial charge in [-0.3, -0.25) is 9.59 Å². The zero-order chi connectivity index (χ0) is 17.1. The van der Waals surface area contributed by atoms with E-state index in [0.29, 0.717) is 12.4 Å². The van der Waals surface area contributed by atoms with Gasteiger partial charge < -0.3 is 10.6 Å². The lowest BCUT2D eigenvalue weighted by molar-refractivity contribution is -0.121. The van der Waals surface area contributed by atoms with Crippen molar-refractivity contribution in [3.63, 3.8) is 0 Å². The molecule has 0 spiro atoms. The quantitative estimate of drug-likeness (QED) is 0.622. The molecule has 1 aliphatic heterocycles. The molecule has 6 nitrogen and oxygen atoms in total. The van der Waals surface area contributed by atoms with Crippen molar-refractivity contribution in [2.24, 2.45) is 0 Å². The molecule has 2 aromatic rings. The van der Waals surface area contributed by atoms with Crippen molar-refractivity contribution in [2.75, 3.05) is 11.9 Å². The van der Waals surface area contributed by atoms with Crippen LogP contribution in [0, 0.1) is 4.77 Å². The maximum Gasteiger partial charge on any atom is 0.257 e. The lowest BCUT2D eigenvalue weighted by Gasteiger charge is -2.09. The van der Waals surface area contributed by atoms with Crippen molar-refractivity contribution in [1.82, 2.24) is 14.9 Å². The third kappa shape index (κ3) is 3.17. The first-order valence-corrected chi connectivity index (χ1v) is 8.62. The number of unbranched alkanes of at least 4 members (excludes halogenated alkanes) is 2. The monoisotopic (exact) mass is 344 g/mol. The molecule has 0 saturated carbocycles. The molecule has 0 fully saturated rings. The Bertz CT molecular complexity index is 846. The van der Waals surface area contributed by atoms with Crippen LogP contribution in [-0.4, -0.2) is 34.0 Å². The van der Waals surface area contributed by atoms with Gasteiger partial charge in [0.25, 0.3) is 5.91 Å². The van der Waals surface area contributed by atoms with Gasteiger partial charge in [-0.15, -0.1) is 0 Å². The van der Waals surface area contributed by atoms with E-state index in [2.05, 4.69) is 22.5 Å². The van der Waals surface area contributed by atoms with E-state index in [4.69, 9.17) is 12.2 Å². The maximum atomic E-state index is 12.6. The lowest BCUT2D eigenvalue weighted by Crippen LogP contribution is -2.34. The zero-order valence-electron chi connectivity index (χ0n) is 13.5. The van der Waals surface area contributed by atoms with Crippen LogP contribution in [0.1, 0.15) is 37.4 Å². The van der Waals surface area contributed by atoms with Gasteiger partial charge in [-0.2, -0.15) is 0 Å². The average molecular weight is 344 g/mol. The molecule has 24 heavy (non-hydrogen) atoms. The molecule has 0 aliphatic carbocycles. The van der Waals surface area contributed by atoms with Crippen LogP contribution in [0.25, 0.3) is 10.9 Å². The Balaban J connectivity index is 1.76. The molecule has 3 rings (SSSR count). The number of aromatic nitrogens is 2. The second kappa shape index (κ2) is 7.09. The van der Waals surface area contributed by atoms with Gasteiger partial charge in [0, 0.05) is 11.9 Å². The van der Waals surface area contributed by atoms with Crippen LogP contribution in [0.5, 0.6) is 0 Å². The SMILES string of the molecule is CCCCCNC(=O)CC1Nc2c3ccccc3nc(=S)n2C1=O. The number of benzene rings is 1. The number of hydrogen-bond donors (Lipinski definition) is 2. The molecule has 0 bridgehead atoms. The highest BCUT2D eigenvalue weighted by molar-refractivity contribution is 7.71. The van der Waals surface area contributed by atoms with Crippen molar-refractivity contribution >= 4 is 40.8 Å². The molecule has 1 unspecified atom stereocenters. The summed E-state index contributed by atoms with van der Waals surface area (Å²) < 4.78 is 1.61. The Morgan fingerprint density at radius 2 is 2.17 bits per heavy atom. The molecular weight excluding hydrogens is 324 g/mol. The first-order chi connectivity index (χ1) is 11.6. The molecule has 2 heterocycles. The van der Waals surface area contributed by atoms with Crippen molar-refractivity contribution < 1.29 is 9.59 Å². The summed E-state index contributed by atoms with van der Waals surface area (Å²) in [5.41, 5.74) is 0.735. The second-order valence-electron chi connectivity index (χ2n) is 5.89. The summed E-state index contributed by atoms with van der Waals surface area (Å²) in [5.74, 6) is 0.268. The Hall–Kier alpha value is -2.28. The van der Waals surface area contributed by atoms with Crippen LogP contribution in [0.4, 0.5) is 5.82 Å². The van der Waals surface area contributed by atoms with Crippen LogP contribution in [-0.2, 0) is 4.79 Å².